The van der Waals surface area contributed by atoms with Crippen molar-refractivity contribution in [3.05, 3.63) is 29.3 Å². The summed E-state index contributed by atoms with van der Waals surface area (Å²) >= 11 is 0. The number of fused-ring (bicyclic) bond motifs is 1. The highest BCUT2D eigenvalue weighted by atomic mass is 15.2. The fourth-order valence-electron chi connectivity index (χ4n) is 2.78. The van der Waals surface area contributed by atoms with E-state index in [1.807, 2.05) is 0 Å². The van der Waals surface area contributed by atoms with Gasteiger partial charge >= 0.3 is 0 Å². The molecule has 2 heteroatoms. The summed E-state index contributed by atoms with van der Waals surface area (Å²) in [7, 11) is 0. The zero-order valence-electron chi connectivity index (χ0n) is 10.7. The van der Waals surface area contributed by atoms with Crippen LogP contribution in [0.25, 0.3) is 0 Å². The highest BCUT2D eigenvalue weighted by Crippen LogP contribution is 2.36. The van der Waals surface area contributed by atoms with E-state index in [0.29, 0.717) is 12.1 Å². The Bertz CT molecular complexity index is 382. The minimum absolute atomic E-state index is 0.217. The second-order valence-electron chi connectivity index (χ2n) is 5.20. The van der Waals surface area contributed by atoms with Crippen LogP contribution in [0.15, 0.2) is 18.2 Å². The lowest BCUT2D eigenvalue weighted by atomic mass is 10.0. The van der Waals surface area contributed by atoms with E-state index in [1.165, 1.54) is 16.8 Å². The Kier molecular flexibility index (Phi) is 2.94. The Labute approximate surface area is 98.4 Å². The Morgan fingerprint density at radius 1 is 1.31 bits per heavy atom. The van der Waals surface area contributed by atoms with Crippen LogP contribution in [0.3, 0.4) is 0 Å². The fraction of sp³-hybridized carbons (Fsp3) is 0.571. The zero-order valence-corrected chi connectivity index (χ0v) is 10.7. The molecule has 0 saturated heterocycles. The van der Waals surface area contributed by atoms with E-state index in [1.54, 1.807) is 0 Å². The standard InChI is InChI=1S/C14H22N2/c1-9(2)16-13-7-5-6-10(3)12(13)8-14(16)11(4)15/h5-7,9,11,14H,8,15H2,1-4H3. The lowest BCUT2D eigenvalue weighted by Gasteiger charge is -2.33. The second kappa shape index (κ2) is 4.10. The molecule has 2 atom stereocenters. The van der Waals surface area contributed by atoms with Gasteiger partial charge in [0.05, 0.1) is 0 Å². The van der Waals surface area contributed by atoms with Crippen molar-refractivity contribution in [2.75, 3.05) is 4.90 Å². The molecule has 1 aliphatic heterocycles. The maximum atomic E-state index is 6.11. The normalized spacial score (nSPS) is 21.4. The molecule has 0 spiro atoms. The molecule has 2 nitrogen and oxygen atoms in total. The van der Waals surface area contributed by atoms with Crippen molar-refractivity contribution in [2.24, 2.45) is 5.73 Å². The third-order valence-electron chi connectivity index (χ3n) is 3.60. The molecule has 0 bridgehead atoms. The van der Waals surface area contributed by atoms with Gasteiger partial charge < -0.3 is 10.6 Å². The van der Waals surface area contributed by atoms with Crippen LogP contribution in [-0.4, -0.2) is 18.1 Å². The summed E-state index contributed by atoms with van der Waals surface area (Å²) in [6, 6.07) is 7.75. The minimum atomic E-state index is 0.217. The molecule has 1 aromatic carbocycles. The van der Waals surface area contributed by atoms with Crippen LogP contribution < -0.4 is 10.6 Å². The molecule has 1 heterocycles. The third-order valence-corrected chi connectivity index (χ3v) is 3.60. The number of rotatable bonds is 2. The van der Waals surface area contributed by atoms with Gasteiger partial charge in [-0.05, 0) is 51.3 Å². The van der Waals surface area contributed by atoms with E-state index in [0.717, 1.165) is 6.42 Å². The summed E-state index contributed by atoms with van der Waals surface area (Å²) in [6.45, 7) is 8.79. The van der Waals surface area contributed by atoms with Crippen LogP contribution in [-0.2, 0) is 6.42 Å². The van der Waals surface area contributed by atoms with Gasteiger partial charge in [-0.25, -0.2) is 0 Å². The first-order valence-electron chi connectivity index (χ1n) is 6.14. The molecule has 0 aromatic heterocycles. The summed E-state index contributed by atoms with van der Waals surface area (Å²) in [6.07, 6.45) is 1.10. The molecule has 0 saturated carbocycles. The Balaban J connectivity index is 2.45. The van der Waals surface area contributed by atoms with Gasteiger partial charge in [0.1, 0.15) is 0 Å². The average Bonchev–Trinajstić information content (AvgIpc) is 2.58. The van der Waals surface area contributed by atoms with Gasteiger partial charge in [-0.2, -0.15) is 0 Å². The van der Waals surface area contributed by atoms with Crippen LogP contribution in [0.4, 0.5) is 5.69 Å². The molecule has 2 unspecified atom stereocenters. The maximum absolute atomic E-state index is 6.11. The van der Waals surface area contributed by atoms with Gasteiger partial charge in [-0.15, -0.1) is 0 Å². The number of anilines is 1. The number of hydrogen-bond acceptors (Lipinski definition) is 2. The molecule has 88 valence electrons. The Morgan fingerprint density at radius 2 is 2.00 bits per heavy atom. The summed E-state index contributed by atoms with van der Waals surface area (Å²) in [4.78, 5) is 2.48. The van der Waals surface area contributed by atoms with Crippen molar-refractivity contribution in [3.8, 4) is 0 Å². The second-order valence-corrected chi connectivity index (χ2v) is 5.20. The molecule has 0 aliphatic carbocycles. The first-order valence-corrected chi connectivity index (χ1v) is 6.14. The molecule has 2 N–H and O–H groups in total. The van der Waals surface area contributed by atoms with Gasteiger partial charge in [-0.1, -0.05) is 12.1 Å². The van der Waals surface area contributed by atoms with Gasteiger partial charge in [0, 0.05) is 23.8 Å². The molecule has 0 radical (unpaired) electrons. The highest BCUT2D eigenvalue weighted by Gasteiger charge is 2.33. The molecule has 16 heavy (non-hydrogen) atoms. The molecule has 1 aliphatic rings. The van der Waals surface area contributed by atoms with E-state index in [4.69, 9.17) is 5.73 Å². The lowest BCUT2D eigenvalue weighted by molar-refractivity contribution is 0.500. The van der Waals surface area contributed by atoms with E-state index < -0.39 is 0 Å². The number of aryl methyl sites for hydroxylation is 1. The molecule has 0 fully saturated rings. The molecular formula is C14H22N2. The quantitative estimate of drug-likeness (QED) is 0.826. The molecule has 2 rings (SSSR count). The Morgan fingerprint density at radius 3 is 2.56 bits per heavy atom. The number of nitrogens with zero attached hydrogens (tertiary/aromatic N) is 1. The van der Waals surface area contributed by atoms with Crippen LogP contribution >= 0.6 is 0 Å². The summed E-state index contributed by atoms with van der Waals surface area (Å²) in [5.41, 5.74) is 10.4. The van der Waals surface area contributed by atoms with E-state index in [9.17, 15) is 0 Å². The van der Waals surface area contributed by atoms with Crippen LogP contribution in [0.5, 0.6) is 0 Å². The smallest absolute Gasteiger partial charge is 0.0482 e. The topological polar surface area (TPSA) is 29.3 Å². The molecule has 1 aromatic rings. The zero-order chi connectivity index (χ0) is 11.9. The van der Waals surface area contributed by atoms with Crippen LogP contribution in [0.1, 0.15) is 31.9 Å². The van der Waals surface area contributed by atoms with Crippen molar-refractivity contribution in [1.82, 2.24) is 0 Å². The predicted molar refractivity (Wildman–Crippen MR) is 69.9 cm³/mol. The predicted octanol–water partition coefficient (Wildman–Crippen LogP) is 2.48. The van der Waals surface area contributed by atoms with Crippen LogP contribution in [0.2, 0.25) is 0 Å². The number of hydrogen-bond donors (Lipinski definition) is 1. The fourth-order valence-corrected chi connectivity index (χ4v) is 2.78. The molecule has 0 amide bonds. The van der Waals surface area contributed by atoms with Crippen molar-refractivity contribution in [3.63, 3.8) is 0 Å². The first-order chi connectivity index (χ1) is 7.52. The van der Waals surface area contributed by atoms with E-state index in [-0.39, 0.29) is 6.04 Å². The minimum Gasteiger partial charge on any atom is -0.364 e. The van der Waals surface area contributed by atoms with E-state index >= 15 is 0 Å². The van der Waals surface area contributed by atoms with Crippen molar-refractivity contribution in [1.29, 1.82) is 0 Å². The third kappa shape index (κ3) is 1.71. The van der Waals surface area contributed by atoms with Gasteiger partial charge in [0.25, 0.3) is 0 Å². The van der Waals surface area contributed by atoms with Crippen molar-refractivity contribution >= 4 is 5.69 Å². The van der Waals surface area contributed by atoms with Crippen molar-refractivity contribution in [2.45, 2.75) is 52.2 Å². The maximum Gasteiger partial charge on any atom is 0.0482 e. The van der Waals surface area contributed by atoms with E-state index in [2.05, 4.69) is 50.8 Å². The lowest BCUT2D eigenvalue weighted by Crippen LogP contribution is -2.47. The van der Waals surface area contributed by atoms with Gasteiger partial charge in [0.2, 0.25) is 0 Å². The van der Waals surface area contributed by atoms with Crippen molar-refractivity contribution < 1.29 is 0 Å². The number of nitrogens with two attached hydrogens (primary N) is 1. The van der Waals surface area contributed by atoms with Gasteiger partial charge in [0.15, 0.2) is 0 Å². The van der Waals surface area contributed by atoms with Crippen LogP contribution in [0, 0.1) is 6.92 Å². The first kappa shape index (κ1) is 11.5. The largest absolute Gasteiger partial charge is 0.364 e. The summed E-state index contributed by atoms with van der Waals surface area (Å²) in [5, 5.41) is 0. The SMILES string of the molecule is Cc1cccc2c1CC(C(C)N)N2C(C)C. The molecular weight excluding hydrogens is 196 g/mol. The summed E-state index contributed by atoms with van der Waals surface area (Å²) in [5.74, 6) is 0. The number of benzene rings is 1. The average molecular weight is 218 g/mol. The Hall–Kier alpha value is -1.02. The monoisotopic (exact) mass is 218 g/mol. The van der Waals surface area contributed by atoms with Gasteiger partial charge in [-0.3, -0.25) is 0 Å². The summed E-state index contributed by atoms with van der Waals surface area (Å²) < 4.78 is 0. The highest BCUT2D eigenvalue weighted by molar-refractivity contribution is 5.63.